The molecule has 8 aliphatic heterocycles. The Kier molecular flexibility index (Phi) is 5.78. The summed E-state index contributed by atoms with van der Waals surface area (Å²) in [6.45, 7) is 7.02. The predicted octanol–water partition coefficient (Wildman–Crippen LogP) is 5.54. The lowest BCUT2D eigenvalue weighted by molar-refractivity contribution is -0.401. The molecular weight excluding hydrogens is 612 g/mol. The van der Waals surface area contributed by atoms with Gasteiger partial charge in [0.05, 0.1) is 25.8 Å². The third kappa shape index (κ3) is 3.26. The summed E-state index contributed by atoms with van der Waals surface area (Å²) in [5.74, 6) is 0.357. The molecule has 1 aromatic heterocycles. The van der Waals surface area contributed by atoms with Gasteiger partial charge in [-0.15, -0.1) is 0 Å². The van der Waals surface area contributed by atoms with Crippen LogP contribution in [0.3, 0.4) is 0 Å². The van der Waals surface area contributed by atoms with E-state index >= 15 is 0 Å². The first-order valence-corrected chi connectivity index (χ1v) is 18.7. The van der Waals surface area contributed by atoms with Crippen molar-refractivity contribution in [2.24, 2.45) is 30.7 Å². The number of hydrogen-bond acceptors (Lipinski definition) is 7. The second kappa shape index (κ2) is 9.58. The number of carbonyl (C=O) groups is 1. The van der Waals surface area contributed by atoms with Crippen LogP contribution in [0.4, 0.5) is 5.69 Å². The Hall–Kier alpha value is -3.17. The zero-order valence-electron chi connectivity index (χ0n) is 29.4. The fraction of sp³-hybridized carbons (Fsp3) is 0.585. The van der Waals surface area contributed by atoms with E-state index in [0.717, 1.165) is 50.9 Å². The van der Waals surface area contributed by atoms with Crippen LogP contribution in [0.5, 0.6) is 0 Å². The van der Waals surface area contributed by atoms with Crippen molar-refractivity contribution in [3.05, 3.63) is 77.0 Å². The maximum absolute atomic E-state index is 14.0. The molecule has 8 aliphatic rings. The van der Waals surface area contributed by atoms with Crippen molar-refractivity contribution in [3.63, 3.8) is 0 Å². The maximum atomic E-state index is 14.0. The Bertz CT molecular complexity index is 1970. The van der Waals surface area contributed by atoms with Crippen LogP contribution in [-0.4, -0.2) is 83.8 Å². The number of aryl methyl sites for hydroxylation is 1. The maximum Gasteiger partial charge on any atom is 0.329 e. The highest BCUT2D eigenvalue weighted by molar-refractivity contribution is 5.87. The number of likely N-dealkylation sites (N-methyl/N-ethyl adjacent to an activating group) is 1. The lowest BCUT2D eigenvalue weighted by Crippen LogP contribution is -2.85. The van der Waals surface area contributed by atoms with Crippen LogP contribution in [-0.2, 0) is 37.9 Å². The van der Waals surface area contributed by atoms with E-state index < -0.39 is 17.6 Å². The van der Waals surface area contributed by atoms with E-state index in [1.54, 1.807) is 12.7 Å². The standard InChI is InChI=1S/C41H48N4O4/c1-6-23-21-44-16-15-40-20-30-26-17-34-36-27(24-11-7-9-13-31(24)43(36)4)18-33(42(34)3)28(26)22-48-39(30,2)49-41(40)35(44)19-25(23)37(38(46)47-5)45(41)32-14-10-8-12-29(32)40/h6-14,25-26,28,30,33-35,37H,15-22H2,1-5H3/b23-6-/t25-,26-,28?,30?,33-,34-,35+,37+,39+,40+,41+/m1/s1. The molecule has 8 nitrogen and oxygen atoms in total. The van der Waals surface area contributed by atoms with Crippen LogP contribution in [0.15, 0.2) is 60.2 Å². The van der Waals surface area contributed by atoms with Crippen LogP contribution in [0.1, 0.15) is 62.4 Å². The number of hydrogen-bond donors (Lipinski definition) is 0. The first-order chi connectivity index (χ1) is 23.8. The molecule has 6 fully saturated rings. The lowest BCUT2D eigenvalue weighted by Gasteiger charge is -2.72. The lowest BCUT2D eigenvalue weighted by atomic mass is 9.52. The number of fused-ring (bicyclic) bond motifs is 13. The number of piperidine rings is 4. The Balaban J connectivity index is 1.07. The number of rotatable bonds is 1. The van der Waals surface area contributed by atoms with Crippen molar-refractivity contribution in [2.45, 2.75) is 87.0 Å². The van der Waals surface area contributed by atoms with Crippen molar-refractivity contribution in [3.8, 4) is 0 Å². The Morgan fingerprint density at radius 2 is 1.88 bits per heavy atom. The van der Waals surface area contributed by atoms with Gasteiger partial charge in [-0.3, -0.25) is 9.80 Å². The number of benzene rings is 2. The molecule has 0 saturated carbocycles. The third-order valence-corrected chi connectivity index (χ3v) is 15.5. The summed E-state index contributed by atoms with van der Waals surface area (Å²) in [4.78, 5) is 21.8. The number of para-hydroxylation sites is 2. The van der Waals surface area contributed by atoms with Crippen LogP contribution >= 0.6 is 0 Å². The average Bonchev–Trinajstić information content (AvgIpc) is 3.53. The van der Waals surface area contributed by atoms with E-state index in [-0.39, 0.29) is 29.3 Å². The number of methoxy groups -OCH3 is 1. The van der Waals surface area contributed by atoms with Gasteiger partial charge in [-0.2, -0.15) is 0 Å². The van der Waals surface area contributed by atoms with E-state index in [1.807, 2.05) is 0 Å². The van der Waals surface area contributed by atoms with Crippen molar-refractivity contribution in [2.75, 3.05) is 38.8 Å². The molecule has 2 unspecified atom stereocenters. The van der Waals surface area contributed by atoms with Gasteiger partial charge in [0.2, 0.25) is 0 Å². The van der Waals surface area contributed by atoms with E-state index in [2.05, 4.69) is 102 Å². The first-order valence-electron chi connectivity index (χ1n) is 18.7. The number of esters is 1. The molecule has 0 aliphatic carbocycles. The van der Waals surface area contributed by atoms with Crippen molar-refractivity contribution in [1.29, 1.82) is 0 Å². The average molecular weight is 661 g/mol. The summed E-state index contributed by atoms with van der Waals surface area (Å²) >= 11 is 0. The zero-order chi connectivity index (χ0) is 33.2. The molecule has 0 radical (unpaired) electrons. The van der Waals surface area contributed by atoms with Crippen LogP contribution in [0.25, 0.3) is 10.9 Å². The molecule has 0 N–H and O–H groups in total. The number of aromatic nitrogens is 1. The second-order valence-electron chi connectivity index (χ2n) is 16.8. The monoisotopic (exact) mass is 660 g/mol. The molecule has 3 aromatic rings. The first kappa shape index (κ1) is 29.5. The van der Waals surface area contributed by atoms with E-state index in [1.165, 1.54) is 27.7 Å². The van der Waals surface area contributed by atoms with Gasteiger partial charge in [0.25, 0.3) is 0 Å². The summed E-state index contributed by atoms with van der Waals surface area (Å²) in [6.07, 6.45) is 7.36. The molecule has 8 heteroatoms. The highest BCUT2D eigenvalue weighted by Crippen LogP contribution is 2.72. The summed E-state index contributed by atoms with van der Waals surface area (Å²) in [5, 5.41) is 1.42. The normalized spacial score (nSPS) is 43.8. The van der Waals surface area contributed by atoms with Gasteiger partial charge < -0.3 is 23.7 Å². The topological polar surface area (TPSA) is 59.4 Å². The Labute approximate surface area is 288 Å². The minimum atomic E-state index is -0.756. The molecule has 6 saturated heterocycles. The fourth-order valence-electron chi connectivity index (χ4n) is 13.5. The minimum Gasteiger partial charge on any atom is -0.467 e. The molecular formula is C41H48N4O4. The summed E-state index contributed by atoms with van der Waals surface area (Å²) < 4.78 is 23.3. The SMILES string of the molecule is C/C=C1/CN2CC[C@@]34CC5[C@@H]6C[C@@H]7c8c(c9ccccc9n8C)C[C@H](C6CO[C@@]5(C)O[C@@]35[C@@H]2C[C@H]1[C@@H](C(=O)OC)N5c1ccccc14)N7C. The van der Waals surface area contributed by atoms with Crippen molar-refractivity contribution in [1.82, 2.24) is 14.4 Å². The van der Waals surface area contributed by atoms with E-state index in [0.29, 0.717) is 30.5 Å². The summed E-state index contributed by atoms with van der Waals surface area (Å²) in [7, 11) is 6.19. The van der Waals surface area contributed by atoms with Gasteiger partial charge in [-0.1, -0.05) is 48.0 Å². The van der Waals surface area contributed by atoms with Gasteiger partial charge in [-0.05, 0) is 82.2 Å². The van der Waals surface area contributed by atoms with Crippen LogP contribution in [0, 0.1) is 23.7 Å². The molecule has 11 atom stereocenters. The van der Waals surface area contributed by atoms with Gasteiger partial charge in [0.1, 0.15) is 6.04 Å². The van der Waals surface area contributed by atoms with Gasteiger partial charge in [0.15, 0.2) is 11.5 Å². The molecule has 256 valence electrons. The van der Waals surface area contributed by atoms with Crippen LogP contribution < -0.4 is 4.90 Å². The second-order valence-corrected chi connectivity index (χ2v) is 16.8. The van der Waals surface area contributed by atoms with Gasteiger partial charge in [0, 0.05) is 71.6 Å². The smallest absolute Gasteiger partial charge is 0.329 e. The molecule has 4 bridgehead atoms. The van der Waals surface area contributed by atoms with Gasteiger partial charge in [-0.25, -0.2) is 4.79 Å². The van der Waals surface area contributed by atoms with Crippen molar-refractivity contribution < 1.29 is 19.0 Å². The number of ether oxygens (including phenoxy) is 3. The molecule has 1 spiro atoms. The Morgan fingerprint density at radius 1 is 1.06 bits per heavy atom. The van der Waals surface area contributed by atoms with E-state index in [9.17, 15) is 4.79 Å². The number of carbonyl (C=O) groups excluding carboxylic acids is 1. The summed E-state index contributed by atoms with van der Waals surface area (Å²) in [6, 6.07) is 18.5. The fourth-order valence-corrected chi connectivity index (χ4v) is 13.5. The molecule has 49 heavy (non-hydrogen) atoms. The summed E-state index contributed by atoms with van der Waals surface area (Å²) in [5.41, 5.74) is 7.33. The predicted molar refractivity (Wildman–Crippen MR) is 187 cm³/mol. The third-order valence-electron chi connectivity index (χ3n) is 15.5. The van der Waals surface area contributed by atoms with Gasteiger partial charge >= 0.3 is 5.97 Å². The number of anilines is 1. The number of nitrogens with zero attached hydrogens (tertiary/aromatic N) is 4. The molecule has 11 rings (SSSR count). The highest BCUT2D eigenvalue weighted by Gasteiger charge is 2.80. The molecule has 9 heterocycles. The number of allylic oxidation sites excluding steroid dienone is 1. The quantitative estimate of drug-likeness (QED) is 0.251. The van der Waals surface area contributed by atoms with Crippen LogP contribution in [0.2, 0.25) is 0 Å². The molecule has 0 amide bonds. The highest BCUT2D eigenvalue weighted by atomic mass is 16.7. The Morgan fingerprint density at radius 3 is 2.71 bits per heavy atom. The van der Waals surface area contributed by atoms with Crippen molar-refractivity contribution >= 4 is 22.6 Å². The largest absolute Gasteiger partial charge is 0.467 e. The molecule has 2 aromatic carbocycles. The zero-order valence-corrected chi connectivity index (χ0v) is 29.4. The van der Waals surface area contributed by atoms with E-state index in [4.69, 9.17) is 14.2 Å². The minimum absolute atomic E-state index is 0.0975.